The van der Waals surface area contributed by atoms with Crippen molar-refractivity contribution < 1.29 is 9.53 Å². The van der Waals surface area contributed by atoms with Crippen LogP contribution in [0.1, 0.15) is 53.4 Å². The van der Waals surface area contributed by atoms with Crippen LogP contribution < -0.4 is 5.32 Å². The number of hydrogen-bond donors (Lipinski definition) is 1. The average Bonchev–Trinajstić information content (AvgIpc) is 2.70. The molecule has 0 aliphatic carbocycles. The Hall–Kier alpha value is -0.770. The third kappa shape index (κ3) is 2.35. The number of carbonyl (C=O) groups excluding carboxylic acids is 1. The zero-order valence-corrected chi connectivity index (χ0v) is 12.2. The van der Waals surface area contributed by atoms with Crippen molar-refractivity contribution in [2.24, 2.45) is 0 Å². The summed E-state index contributed by atoms with van der Waals surface area (Å²) in [6.45, 7) is 7.78. The number of hydrogen-bond acceptors (Lipinski definition) is 3. The first-order chi connectivity index (χ1) is 8.24. The molecule has 1 unspecified atom stereocenters. The number of likely N-dealkylation sites (N-methyl/N-ethyl adjacent to an activating group) is 1. The quantitative estimate of drug-likeness (QED) is 0.823. The number of nitrogens with one attached hydrogen (secondary N) is 1. The largest absolute Gasteiger partial charge is 0.444 e. The van der Waals surface area contributed by atoms with Crippen molar-refractivity contribution in [3.05, 3.63) is 0 Å². The molecule has 2 aliphatic rings. The van der Waals surface area contributed by atoms with Crippen molar-refractivity contribution in [1.82, 2.24) is 10.2 Å². The van der Waals surface area contributed by atoms with Crippen molar-refractivity contribution in [3.8, 4) is 0 Å². The highest BCUT2D eigenvalue weighted by Crippen LogP contribution is 2.47. The normalized spacial score (nSPS) is 33.5. The van der Waals surface area contributed by atoms with E-state index in [0.717, 1.165) is 0 Å². The Morgan fingerprint density at radius 2 is 1.94 bits per heavy atom. The van der Waals surface area contributed by atoms with Crippen molar-refractivity contribution in [3.63, 3.8) is 0 Å². The summed E-state index contributed by atoms with van der Waals surface area (Å²) in [5, 5.41) is 3.02. The lowest BCUT2D eigenvalue weighted by Gasteiger charge is -2.38. The fourth-order valence-corrected chi connectivity index (χ4v) is 3.56. The number of fused-ring (bicyclic) bond motifs is 2. The molecule has 4 nitrogen and oxygen atoms in total. The van der Waals surface area contributed by atoms with Crippen molar-refractivity contribution in [2.45, 2.75) is 76.6 Å². The van der Waals surface area contributed by atoms with Gasteiger partial charge in [-0.15, -0.1) is 0 Å². The van der Waals surface area contributed by atoms with Crippen molar-refractivity contribution in [1.29, 1.82) is 0 Å². The zero-order valence-electron chi connectivity index (χ0n) is 12.2. The van der Waals surface area contributed by atoms with E-state index in [1.54, 1.807) is 0 Å². The molecule has 1 N–H and O–H groups in total. The molecule has 2 bridgehead atoms. The van der Waals surface area contributed by atoms with Crippen LogP contribution in [0.5, 0.6) is 0 Å². The summed E-state index contributed by atoms with van der Waals surface area (Å²) >= 11 is 0. The summed E-state index contributed by atoms with van der Waals surface area (Å²) in [7, 11) is 2.19. The Balaban J connectivity index is 1.96. The maximum absolute atomic E-state index is 11.9. The summed E-state index contributed by atoms with van der Waals surface area (Å²) in [5.74, 6) is 0. The van der Waals surface area contributed by atoms with Crippen LogP contribution in [0.25, 0.3) is 0 Å². The molecule has 0 aromatic carbocycles. The molecule has 2 saturated heterocycles. The summed E-state index contributed by atoms with van der Waals surface area (Å²) in [6, 6.07) is 0.859. The number of ether oxygens (including phenoxy) is 1. The van der Waals surface area contributed by atoms with Gasteiger partial charge in [-0.3, -0.25) is 4.90 Å². The van der Waals surface area contributed by atoms with E-state index < -0.39 is 5.60 Å². The van der Waals surface area contributed by atoms with Crippen LogP contribution in [0.2, 0.25) is 0 Å². The fourth-order valence-electron chi connectivity index (χ4n) is 3.56. The van der Waals surface area contributed by atoms with Gasteiger partial charge in [0.05, 0.1) is 0 Å². The number of nitrogens with zero attached hydrogens (tertiary/aromatic N) is 1. The lowest BCUT2D eigenvalue weighted by Crippen LogP contribution is -2.55. The molecule has 0 radical (unpaired) electrons. The molecule has 1 atom stereocenters. The van der Waals surface area contributed by atoms with Crippen LogP contribution in [0.15, 0.2) is 0 Å². The van der Waals surface area contributed by atoms with Gasteiger partial charge in [0.15, 0.2) is 0 Å². The molecule has 2 rings (SSSR count). The van der Waals surface area contributed by atoms with Crippen LogP contribution in [-0.4, -0.2) is 41.3 Å². The summed E-state index contributed by atoms with van der Waals surface area (Å²) in [4.78, 5) is 14.3. The molecule has 18 heavy (non-hydrogen) atoms. The molecular formula is C14H26N2O2. The van der Waals surface area contributed by atoms with Crippen molar-refractivity contribution >= 4 is 6.09 Å². The molecule has 2 fully saturated rings. The van der Waals surface area contributed by atoms with E-state index in [9.17, 15) is 4.79 Å². The van der Waals surface area contributed by atoms with E-state index in [-0.39, 0.29) is 17.7 Å². The Morgan fingerprint density at radius 1 is 1.39 bits per heavy atom. The van der Waals surface area contributed by atoms with Crippen LogP contribution >= 0.6 is 0 Å². The van der Waals surface area contributed by atoms with E-state index in [1.807, 2.05) is 20.8 Å². The predicted octanol–water partition coefficient (Wildman–Crippen LogP) is 2.53. The molecule has 104 valence electrons. The van der Waals surface area contributed by atoms with Gasteiger partial charge in [0, 0.05) is 17.6 Å². The molecule has 1 amide bonds. The van der Waals surface area contributed by atoms with Crippen LogP contribution in [0, 0.1) is 0 Å². The molecule has 0 aromatic heterocycles. The Bertz CT molecular complexity index is 327. The van der Waals surface area contributed by atoms with Gasteiger partial charge >= 0.3 is 6.09 Å². The van der Waals surface area contributed by atoms with Gasteiger partial charge in [0.25, 0.3) is 0 Å². The maximum Gasteiger partial charge on any atom is 0.407 e. The monoisotopic (exact) mass is 254 g/mol. The standard InChI is InChI=1S/C14H26N2O2/c1-10(15-12(17)18-13(2,3)4)14-8-6-11(7-9-14)16(14)5/h10-11H,6-9H2,1-5H3,(H,15,17). The molecule has 0 saturated carbocycles. The van der Waals surface area contributed by atoms with Gasteiger partial charge in [0.2, 0.25) is 0 Å². The molecule has 4 heteroatoms. The number of alkyl carbamates (subject to hydrolysis) is 1. The molecule has 2 heterocycles. The Kier molecular flexibility index (Phi) is 3.34. The van der Waals surface area contributed by atoms with Gasteiger partial charge in [-0.25, -0.2) is 4.79 Å². The van der Waals surface area contributed by atoms with Gasteiger partial charge in [-0.2, -0.15) is 0 Å². The SMILES string of the molecule is CC(NC(=O)OC(C)(C)C)C12CCC(CC1)N2C. The van der Waals surface area contributed by atoms with Crippen LogP contribution in [0.4, 0.5) is 4.79 Å². The van der Waals surface area contributed by atoms with Gasteiger partial charge in [-0.05, 0) is 60.4 Å². The van der Waals surface area contributed by atoms with Crippen molar-refractivity contribution in [2.75, 3.05) is 7.05 Å². The number of rotatable bonds is 2. The minimum Gasteiger partial charge on any atom is -0.444 e. The lowest BCUT2D eigenvalue weighted by atomic mass is 9.82. The van der Waals surface area contributed by atoms with E-state index in [0.29, 0.717) is 6.04 Å². The first-order valence-corrected chi connectivity index (χ1v) is 6.97. The topological polar surface area (TPSA) is 41.6 Å². The summed E-state index contributed by atoms with van der Waals surface area (Å²) in [6.07, 6.45) is 4.59. The lowest BCUT2D eigenvalue weighted by molar-refractivity contribution is 0.0436. The number of amides is 1. The molecule has 2 aliphatic heterocycles. The number of carbonyl (C=O) groups is 1. The average molecular weight is 254 g/mol. The molecule has 0 aromatic rings. The minimum atomic E-state index is -0.429. The van der Waals surface area contributed by atoms with Gasteiger partial charge in [0.1, 0.15) is 5.60 Å². The smallest absolute Gasteiger partial charge is 0.407 e. The van der Waals surface area contributed by atoms with Crippen LogP contribution in [0.3, 0.4) is 0 Å². The third-order valence-electron chi connectivity index (χ3n) is 4.61. The third-order valence-corrected chi connectivity index (χ3v) is 4.61. The predicted molar refractivity (Wildman–Crippen MR) is 71.6 cm³/mol. The van der Waals surface area contributed by atoms with E-state index >= 15 is 0 Å². The Morgan fingerprint density at radius 3 is 2.33 bits per heavy atom. The van der Waals surface area contributed by atoms with Gasteiger partial charge in [-0.1, -0.05) is 0 Å². The Labute approximate surface area is 110 Å². The summed E-state index contributed by atoms with van der Waals surface area (Å²) < 4.78 is 5.34. The second-order valence-corrected chi connectivity index (χ2v) is 6.81. The first kappa shape index (κ1) is 13.7. The second-order valence-electron chi connectivity index (χ2n) is 6.81. The highest BCUT2D eigenvalue weighted by atomic mass is 16.6. The molecular weight excluding hydrogens is 228 g/mol. The van der Waals surface area contributed by atoms with E-state index in [2.05, 4.69) is 24.2 Å². The second kappa shape index (κ2) is 4.41. The highest BCUT2D eigenvalue weighted by Gasteiger charge is 2.53. The van der Waals surface area contributed by atoms with E-state index in [1.165, 1.54) is 25.7 Å². The maximum atomic E-state index is 11.9. The van der Waals surface area contributed by atoms with E-state index in [4.69, 9.17) is 4.74 Å². The first-order valence-electron chi connectivity index (χ1n) is 6.97. The zero-order chi connectivity index (χ0) is 13.6. The summed E-state index contributed by atoms with van der Waals surface area (Å²) in [5.41, 5.74) is -0.275. The minimum absolute atomic E-state index is 0.143. The molecule has 0 spiro atoms. The van der Waals surface area contributed by atoms with Gasteiger partial charge < -0.3 is 10.1 Å². The fraction of sp³-hybridized carbons (Fsp3) is 0.929. The van der Waals surface area contributed by atoms with Crippen LogP contribution in [-0.2, 0) is 4.74 Å². The highest BCUT2D eigenvalue weighted by molar-refractivity contribution is 5.68.